The van der Waals surface area contributed by atoms with Crippen LogP contribution < -0.4 is 10.9 Å². The van der Waals surface area contributed by atoms with Gasteiger partial charge < -0.3 is 9.73 Å². The number of hydrogen-bond acceptors (Lipinski definition) is 5. The van der Waals surface area contributed by atoms with Crippen LogP contribution in [0.25, 0.3) is 28.7 Å². The molecule has 38 heavy (non-hydrogen) atoms. The zero-order valence-corrected chi connectivity index (χ0v) is 21.1. The summed E-state index contributed by atoms with van der Waals surface area (Å²) in [5.41, 5.74) is 1.66. The largest absolute Gasteiger partial charge is 0.463 e. The number of carbonyl (C=O) groups is 1. The van der Waals surface area contributed by atoms with Crippen LogP contribution in [0.2, 0.25) is 5.02 Å². The number of halogens is 1. The molecule has 1 aliphatic carbocycles. The summed E-state index contributed by atoms with van der Waals surface area (Å²) in [7, 11) is 0. The first-order valence-electron chi connectivity index (χ1n) is 12.4. The van der Waals surface area contributed by atoms with E-state index in [1.54, 1.807) is 24.5 Å². The Balaban J connectivity index is 1.44. The van der Waals surface area contributed by atoms with E-state index in [4.69, 9.17) is 16.0 Å². The van der Waals surface area contributed by atoms with E-state index in [9.17, 15) is 9.59 Å². The molecule has 0 radical (unpaired) electrons. The first kappa shape index (κ1) is 23.9. The molecule has 1 saturated carbocycles. The predicted octanol–water partition coefficient (Wildman–Crippen LogP) is 5.99. The highest BCUT2D eigenvalue weighted by Gasteiger charge is 2.43. The maximum absolute atomic E-state index is 14.0. The summed E-state index contributed by atoms with van der Waals surface area (Å²) in [5.74, 6) is 0.923. The van der Waals surface area contributed by atoms with Crippen molar-refractivity contribution in [2.24, 2.45) is 0 Å². The van der Waals surface area contributed by atoms with Crippen LogP contribution in [0.5, 0.6) is 0 Å². The van der Waals surface area contributed by atoms with Gasteiger partial charge >= 0.3 is 0 Å². The zero-order valence-electron chi connectivity index (χ0n) is 20.4. The topological polar surface area (TPSA) is 106 Å². The van der Waals surface area contributed by atoms with Crippen molar-refractivity contribution in [1.82, 2.24) is 19.7 Å². The van der Waals surface area contributed by atoms with Crippen LogP contribution in [0.3, 0.4) is 0 Å². The Labute approximate surface area is 223 Å². The lowest BCUT2D eigenvalue weighted by Crippen LogP contribution is -2.38. The van der Waals surface area contributed by atoms with Gasteiger partial charge in [0, 0.05) is 22.7 Å². The second-order valence-corrected chi connectivity index (χ2v) is 9.81. The van der Waals surface area contributed by atoms with Gasteiger partial charge in [-0.05, 0) is 42.7 Å². The molecular weight excluding hydrogens is 502 g/mol. The fraction of sp³-hybridized carbons (Fsp3) is 0.172. The van der Waals surface area contributed by atoms with E-state index in [0.29, 0.717) is 28.0 Å². The minimum absolute atomic E-state index is 0.147. The molecule has 5 aromatic rings. The third kappa shape index (κ3) is 4.43. The Bertz CT molecular complexity index is 1630. The fourth-order valence-corrected chi connectivity index (χ4v) is 5.23. The molecule has 6 rings (SSSR count). The third-order valence-corrected chi connectivity index (χ3v) is 7.26. The number of amides is 1. The maximum atomic E-state index is 14.0. The van der Waals surface area contributed by atoms with Crippen LogP contribution in [0.15, 0.2) is 94.3 Å². The lowest BCUT2D eigenvalue weighted by molar-refractivity contribution is -0.121. The van der Waals surface area contributed by atoms with E-state index >= 15 is 0 Å². The van der Waals surface area contributed by atoms with Crippen LogP contribution in [0.1, 0.15) is 31.2 Å². The monoisotopic (exact) mass is 525 g/mol. The van der Waals surface area contributed by atoms with Crippen molar-refractivity contribution in [3.05, 3.63) is 106 Å². The van der Waals surface area contributed by atoms with Gasteiger partial charge in [-0.15, -0.1) is 0 Å². The van der Waals surface area contributed by atoms with Crippen LogP contribution in [0.4, 0.5) is 5.82 Å². The average Bonchev–Trinajstić information content (AvgIpc) is 3.71. The van der Waals surface area contributed by atoms with Gasteiger partial charge in [0.15, 0.2) is 5.76 Å². The molecular formula is C29H24ClN5O3. The van der Waals surface area contributed by atoms with Crippen molar-refractivity contribution < 1.29 is 9.21 Å². The van der Waals surface area contributed by atoms with Gasteiger partial charge in [0.2, 0.25) is 11.9 Å². The minimum Gasteiger partial charge on any atom is -0.463 e. The highest BCUT2D eigenvalue weighted by Crippen LogP contribution is 2.42. The highest BCUT2D eigenvalue weighted by molar-refractivity contribution is 6.30. The first-order valence-corrected chi connectivity index (χ1v) is 12.8. The molecule has 0 unspecified atom stereocenters. The second-order valence-electron chi connectivity index (χ2n) is 9.37. The quantitative estimate of drug-likeness (QED) is 0.283. The summed E-state index contributed by atoms with van der Waals surface area (Å²) in [5, 5.41) is 8.36. The van der Waals surface area contributed by atoms with Gasteiger partial charge in [-0.2, -0.15) is 9.78 Å². The van der Waals surface area contributed by atoms with E-state index in [1.807, 2.05) is 54.6 Å². The van der Waals surface area contributed by atoms with E-state index < -0.39 is 5.41 Å². The molecule has 3 aromatic heterocycles. The SMILES string of the molecule is O=C(Nc1cc(-c2ccco2)nn1-c1nc(-c2ccccc2)cc(=O)[nH]1)C1(c2ccc(Cl)cc2)CCCC1. The van der Waals surface area contributed by atoms with E-state index in [0.717, 1.165) is 36.8 Å². The van der Waals surface area contributed by atoms with Gasteiger partial charge in [-0.25, -0.2) is 4.98 Å². The van der Waals surface area contributed by atoms with Crippen molar-refractivity contribution in [2.45, 2.75) is 31.1 Å². The van der Waals surface area contributed by atoms with Crippen molar-refractivity contribution >= 4 is 23.3 Å². The molecule has 2 aromatic carbocycles. The molecule has 2 N–H and O–H groups in total. The van der Waals surface area contributed by atoms with Crippen molar-refractivity contribution in [2.75, 3.05) is 5.32 Å². The number of furan rings is 1. The number of aromatic nitrogens is 4. The number of rotatable bonds is 6. The second kappa shape index (κ2) is 9.79. The summed E-state index contributed by atoms with van der Waals surface area (Å²) in [6.07, 6.45) is 4.88. The molecule has 1 amide bonds. The zero-order chi connectivity index (χ0) is 26.1. The lowest BCUT2D eigenvalue weighted by atomic mass is 9.78. The maximum Gasteiger partial charge on any atom is 0.252 e. The summed E-state index contributed by atoms with van der Waals surface area (Å²) in [6, 6.07) is 23.6. The summed E-state index contributed by atoms with van der Waals surface area (Å²) in [6.45, 7) is 0. The summed E-state index contributed by atoms with van der Waals surface area (Å²) >= 11 is 6.13. The van der Waals surface area contributed by atoms with Crippen molar-refractivity contribution in [3.63, 3.8) is 0 Å². The number of anilines is 1. The number of nitrogens with one attached hydrogen (secondary N) is 2. The Morgan fingerprint density at radius 3 is 2.45 bits per heavy atom. The summed E-state index contributed by atoms with van der Waals surface area (Å²) in [4.78, 5) is 34.0. The van der Waals surface area contributed by atoms with Crippen molar-refractivity contribution in [3.8, 4) is 28.7 Å². The normalized spacial score (nSPS) is 14.4. The number of H-pyrrole nitrogens is 1. The molecule has 1 aliphatic rings. The Morgan fingerprint density at radius 2 is 1.74 bits per heavy atom. The summed E-state index contributed by atoms with van der Waals surface area (Å²) < 4.78 is 6.99. The molecule has 0 saturated heterocycles. The van der Waals surface area contributed by atoms with Crippen LogP contribution in [-0.4, -0.2) is 25.7 Å². The molecule has 0 atom stereocenters. The van der Waals surface area contributed by atoms with Gasteiger partial charge in [-0.3, -0.25) is 14.6 Å². The van der Waals surface area contributed by atoms with Crippen molar-refractivity contribution in [1.29, 1.82) is 0 Å². The standard InChI is InChI=1S/C29H24ClN5O3/c30-21-12-10-20(11-13-21)29(14-4-5-15-29)27(37)32-25-17-23(24-9-6-16-38-24)34-35(25)28-31-22(18-26(36)33-28)19-7-2-1-3-8-19/h1-3,6-13,16-18H,4-5,14-15H2,(H,32,37)(H,31,33,36). The molecule has 1 fully saturated rings. The van der Waals surface area contributed by atoms with Crippen LogP contribution >= 0.6 is 11.6 Å². The van der Waals surface area contributed by atoms with E-state index in [2.05, 4.69) is 20.4 Å². The Morgan fingerprint density at radius 1 is 0.974 bits per heavy atom. The van der Waals surface area contributed by atoms with E-state index in [1.165, 1.54) is 10.7 Å². The molecule has 8 nitrogen and oxygen atoms in total. The molecule has 0 bridgehead atoms. The van der Waals surface area contributed by atoms with E-state index in [-0.39, 0.29) is 17.4 Å². The first-order chi connectivity index (χ1) is 18.5. The van der Waals surface area contributed by atoms with Crippen LogP contribution in [-0.2, 0) is 10.2 Å². The fourth-order valence-electron chi connectivity index (χ4n) is 5.11. The average molecular weight is 526 g/mol. The number of benzene rings is 2. The number of hydrogen-bond donors (Lipinski definition) is 2. The van der Waals surface area contributed by atoms with Gasteiger partial charge in [0.05, 0.1) is 17.4 Å². The molecule has 0 aliphatic heterocycles. The van der Waals surface area contributed by atoms with Gasteiger partial charge in [-0.1, -0.05) is 66.9 Å². The molecule has 190 valence electrons. The molecule has 3 heterocycles. The number of aromatic amines is 1. The van der Waals surface area contributed by atoms with Gasteiger partial charge in [0.1, 0.15) is 11.5 Å². The Kier molecular flexibility index (Phi) is 6.17. The van der Waals surface area contributed by atoms with Crippen LogP contribution in [0, 0.1) is 0 Å². The minimum atomic E-state index is -0.697. The third-order valence-electron chi connectivity index (χ3n) is 7.01. The highest BCUT2D eigenvalue weighted by atomic mass is 35.5. The lowest BCUT2D eigenvalue weighted by Gasteiger charge is -2.28. The number of carbonyl (C=O) groups excluding carboxylic acids is 1. The smallest absolute Gasteiger partial charge is 0.252 e. The number of nitrogens with zero attached hydrogens (tertiary/aromatic N) is 3. The van der Waals surface area contributed by atoms with Gasteiger partial charge in [0.25, 0.3) is 5.56 Å². The molecule has 0 spiro atoms. The Hall–Kier alpha value is -4.43. The predicted molar refractivity (Wildman–Crippen MR) is 145 cm³/mol. The molecule has 9 heteroatoms.